The number of hydrogen-bond donors (Lipinski definition) is 3. The summed E-state index contributed by atoms with van der Waals surface area (Å²) in [6.07, 6.45) is -0.660. The number of nitrogens with two attached hydrogens (primary N) is 1. The summed E-state index contributed by atoms with van der Waals surface area (Å²) in [6, 6.07) is 0. The fourth-order valence-electron chi connectivity index (χ4n) is 2.34. The maximum absolute atomic E-state index is 12.3. The zero-order chi connectivity index (χ0) is 14.9. The standard InChI is InChI=1S/C12H19N3O5/c1-7-5-15(10-4-8(17)9(6-16)20-10)12(19)14(3-2-13)11(7)18/h5,8-10,16-17H,2-4,6,13H2,1H3/t8-,9+,10+/m0/s1. The Morgan fingerprint density at radius 2 is 2.20 bits per heavy atom. The van der Waals surface area contributed by atoms with Gasteiger partial charge in [0.25, 0.3) is 5.56 Å². The van der Waals surface area contributed by atoms with Crippen LogP contribution in [0.4, 0.5) is 0 Å². The van der Waals surface area contributed by atoms with Gasteiger partial charge in [0.2, 0.25) is 0 Å². The van der Waals surface area contributed by atoms with Gasteiger partial charge in [-0.1, -0.05) is 0 Å². The van der Waals surface area contributed by atoms with E-state index in [4.69, 9.17) is 15.6 Å². The van der Waals surface area contributed by atoms with Crippen molar-refractivity contribution in [3.05, 3.63) is 32.6 Å². The first-order valence-corrected chi connectivity index (χ1v) is 6.46. The molecule has 3 atom stereocenters. The minimum Gasteiger partial charge on any atom is -0.394 e. The van der Waals surface area contributed by atoms with E-state index in [2.05, 4.69) is 0 Å². The predicted octanol–water partition coefficient (Wildman–Crippen LogP) is -2.08. The van der Waals surface area contributed by atoms with Crippen molar-refractivity contribution >= 4 is 0 Å². The molecular formula is C12H19N3O5. The molecule has 8 nitrogen and oxygen atoms in total. The average Bonchev–Trinajstić information content (AvgIpc) is 2.80. The van der Waals surface area contributed by atoms with Gasteiger partial charge in [-0.3, -0.25) is 13.9 Å². The first kappa shape index (κ1) is 14.9. The van der Waals surface area contributed by atoms with E-state index in [9.17, 15) is 14.7 Å². The number of aryl methyl sites for hydroxylation is 1. The van der Waals surface area contributed by atoms with E-state index in [-0.39, 0.29) is 31.7 Å². The highest BCUT2D eigenvalue weighted by Crippen LogP contribution is 2.27. The molecule has 1 aliphatic heterocycles. The molecule has 0 saturated carbocycles. The molecule has 8 heteroatoms. The molecule has 20 heavy (non-hydrogen) atoms. The van der Waals surface area contributed by atoms with Crippen LogP contribution in [-0.2, 0) is 11.3 Å². The van der Waals surface area contributed by atoms with E-state index in [1.165, 1.54) is 10.8 Å². The Morgan fingerprint density at radius 3 is 2.75 bits per heavy atom. The molecule has 4 N–H and O–H groups in total. The smallest absolute Gasteiger partial charge is 0.333 e. The van der Waals surface area contributed by atoms with Crippen molar-refractivity contribution in [3.8, 4) is 0 Å². The SMILES string of the molecule is Cc1cn([C@H]2C[C@H](O)[C@@H](CO)O2)c(=O)n(CCN)c1=O. The highest BCUT2D eigenvalue weighted by molar-refractivity contribution is 5.04. The topological polar surface area (TPSA) is 120 Å². The van der Waals surface area contributed by atoms with E-state index < -0.39 is 24.1 Å². The lowest BCUT2D eigenvalue weighted by Gasteiger charge is -2.17. The molecule has 1 aromatic heterocycles. The molecular weight excluding hydrogens is 266 g/mol. The van der Waals surface area contributed by atoms with Crippen molar-refractivity contribution in [3.63, 3.8) is 0 Å². The Kier molecular flexibility index (Phi) is 4.39. The van der Waals surface area contributed by atoms with Crippen LogP contribution in [-0.4, -0.2) is 44.7 Å². The Hall–Kier alpha value is -1.48. The summed E-state index contributed by atoms with van der Waals surface area (Å²) in [5.74, 6) is 0. The van der Waals surface area contributed by atoms with Crippen molar-refractivity contribution < 1.29 is 14.9 Å². The summed E-state index contributed by atoms with van der Waals surface area (Å²) in [4.78, 5) is 24.2. The van der Waals surface area contributed by atoms with Gasteiger partial charge >= 0.3 is 5.69 Å². The summed E-state index contributed by atoms with van der Waals surface area (Å²) < 4.78 is 7.76. The summed E-state index contributed by atoms with van der Waals surface area (Å²) in [6.45, 7) is 1.57. The molecule has 1 fully saturated rings. The number of ether oxygens (including phenoxy) is 1. The quantitative estimate of drug-likeness (QED) is 0.584. The van der Waals surface area contributed by atoms with Crippen LogP contribution in [0.3, 0.4) is 0 Å². The lowest BCUT2D eigenvalue weighted by Crippen LogP contribution is -2.43. The van der Waals surface area contributed by atoms with Crippen LogP contribution in [0.2, 0.25) is 0 Å². The third-order valence-electron chi connectivity index (χ3n) is 3.41. The Morgan fingerprint density at radius 1 is 1.50 bits per heavy atom. The fraction of sp³-hybridized carbons (Fsp3) is 0.667. The van der Waals surface area contributed by atoms with Crippen LogP contribution in [0.5, 0.6) is 0 Å². The zero-order valence-electron chi connectivity index (χ0n) is 11.2. The van der Waals surface area contributed by atoms with Crippen molar-refractivity contribution in [2.75, 3.05) is 13.2 Å². The summed E-state index contributed by atoms with van der Waals surface area (Å²) in [5.41, 5.74) is 4.89. The van der Waals surface area contributed by atoms with Crippen LogP contribution in [0, 0.1) is 6.92 Å². The molecule has 1 saturated heterocycles. The second-order valence-corrected chi connectivity index (χ2v) is 4.86. The maximum Gasteiger partial charge on any atom is 0.333 e. The highest BCUT2D eigenvalue weighted by Gasteiger charge is 2.35. The molecule has 2 heterocycles. The molecule has 0 unspecified atom stereocenters. The minimum absolute atomic E-state index is 0.123. The number of aromatic nitrogens is 2. The lowest BCUT2D eigenvalue weighted by molar-refractivity contribution is -0.0463. The second-order valence-electron chi connectivity index (χ2n) is 4.86. The first-order chi connectivity index (χ1) is 9.49. The first-order valence-electron chi connectivity index (χ1n) is 6.46. The molecule has 112 valence electrons. The van der Waals surface area contributed by atoms with E-state index in [1.807, 2.05) is 0 Å². The molecule has 1 aliphatic rings. The Labute approximate surface area is 115 Å². The van der Waals surface area contributed by atoms with Crippen molar-refractivity contribution in [2.45, 2.75) is 38.3 Å². The van der Waals surface area contributed by atoms with Gasteiger partial charge in [-0.15, -0.1) is 0 Å². The second kappa shape index (κ2) is 5.88. The molecule has 0 amide bonds. The molecule has 0 bridgehead atoms. The van der Waals surface area contributed by atoms with Crippen LogP contribution < -0.4 is 17.0 Å². The van der Waals surface area contributed by atoms with Crippen molar-refractivity contribution in [2.24, 2.45) is 5.73 Å². The van der Waals surface area contributed by atoms with Gasteiger partial charge in [0, 0.05) is 31.3 Å². The molecule has 1 aromatic rings. The lowest BCUT2D eigenvalue weighted by atomic mass is 10.2. The summed E-state index contributed by atoms with van der Waals surface area (Å²) >= 11 is 0. The monoisotopic (exact) mass is 285 g/mol. The summed E-state index contributed by atoms with van der Waals surface area (Å²) in [7, 11) is 0. The predicted molar refractivity (Wildman–Crippen MR) is 70.4 cm³/mol. The highest BCUT2D eigenvalue weighted by atomic mass is 16.5. The zero-order valence-corrected chi connectivity index (χ0v) is 11.2. The van der Waals surface area contributed by atoms with Gasteiger partial charge in [0.05, 0.1) is 12.7 Å². The van der Waals surface area contributed by atoms with Crippen molar-refractivity contribution in [1.29, 1.82) is 0 Å². The molecule has 0 spiro atoms. The number of hydrogen-bond acceptors (Lipinski definition) is 6. The van der Waals surface area contributed by atoms with Gasteiger partial charge in [-0.2, -0.15) is 0 Å². The van der Waals surface area contributed by atoms with E-state index >= 15 is 0 Å². The van der Waals surface area contributed by atoms with E-state index in [0.29, 0.717) is 5.56 Å². The van der Waals surface area contributed by atoms with Gasteiger partial charge < -0.3 is 20.7 Å². The minimum atomic E-state index is -0.841. The van der Waals surface area contributed by atoms with Gasteiger partial charge in [0.1, 0.15) is 12.3 Å². The van der Waals surface area contributed by atoms with Crippen LogP contribution >= 0.6 is 0 Å². The van der Waals surface area contributed by atoms with Gasteiger partial charge in [-0.05, 0) is 6.92 Å². The fourth-order valence-corrected chi connectivity index (χ4v) is 2.34. The number of rotatable bonds is 4. The molecule has 2 rings (SSSR count). The van der Waals surface area contributed by atoms with Crippen LogP contribution in [0.15, 0.2) is 15.8 Å². The molecule has 0 aromatic carbocycles. The summed E-state index contributed by atoms with van der Waals surface area (Å²) in [5, 5.41) is 18.8. The van der Waals surface area contributed by atoms with Crippen molar-refractivity contribution in [1.82, 2.24) is 9.13 Å². The molecule has 0 aliphatic carbocycles. The van der Waals surface area contributed by atoms with Crippen LogP contribution in [0.1, 0.15) is 18.2 Å². The maximum atomic E-state index is 12.3. The normalized spacial score (nSPS) is 26.1. The largest absolute Gasteiger partial charge is 0.394 e. The number of aliphatic hydroxyl groups is 2. The van der Waals surface area contributed by atoms with Gasteiger partial charge in [-0.25, -0.2) is 4.79 Å². The van der Waals surface area contributed by atoms with E-state index in [1.54, 1.807) is 6.92 Å². The number of aliphatic hydroxyl groups excluding tert-OH is 2. The van der Waals surface area contributed by atoms with Gasteiger partial charge in [0.15, 0.2) is 0 Å². The Bertz CT molecular complexity index is 594. The number of nitrogens with zero attached hydrogens (tertiary/aromatic N) is 2. The third-order valence-corrected chi connectivity index (χ3v) is 3.41. The average molecular weight is 285 g/mol. The molecule has 0 radical (unpaired) electrons. The van der Waals surface area contributed by atoms with Crippen LogP contribution in [0.25, 0.3) is 0 Å². The third kappa shape index (κ3) is 2.55. The Balaban J connectivity index is 2.43. The van der Waals surface area contributed by atoms with E-state index in [0.717, 1.165) is 4.57 Å².